The van der Waals surface area contributed by atoms with Crippen LogP contribution in [0.1, 0.15) is 29.3 Å². The van der Waals surface area contributed by atoms with Crippen molar-refractivity contribution in [2.45, 2.75) is 13.3 Å². The summed E-state index contributed by atoms with van der Waals surface area (Å²) in [4.78, 5) is 29.1. The number of benzene rings is 1. The predicted molar refractivity (Wildman–Crippen MR) is 96.9 cm³/mol. The number of aromatic amines is 1. The average molecular weight is 412 g/mol. The summed E-state index contributed by atoms with van der Waals surface area (Å²) in [6.45, 7) is 2.71. The average Bonchev–Trinajstić information content (AvgIpc) is 2.82. The number of halogens is 1. The van der Waals surface area contributed by atoms with Gasteiger partial charge in [0.05, 0.1) is 5.56 Å². The molecule has 0 aliphatic carbocycles. The van der Waals surface area contributed by atoms with E-state index in [-0.39, 0.29) is 11.9 Å². The molecule has 6 nitrogen and oxygen atoms in total. The fraction of sp³-hybridized carbons (Fsp3) is 0.267. The summed E-state index contributed by atoms with van der Waals surface area (Å²) in [6, 6.07) is 3.44. The molecule has 0 radical (unpaired) electrons. The number of carbonyl (C=O) groups is 2. The van der Waals surface area contributed by atoms with Gasteiger partial charge < -0.3 is 15.2 Å². The highest BCUT2D eigenvalue weighted by Crippen LogP contribution is 2.28. The summed E-state index contributed by atoms with van der Waals surface area (Å²) in [5.41, 5.74) is 3.14. The molecule has 1 aliphatic rings. The molecular weight excluding hydrogens is 395 g/mol. The summed E-state index contributed by atoms with van der Waals surface area (Å²) in [7, 11) is 1.76. The van der Waals surface area contributed by atoms with Gasteiger partial charge in [0.1, 0.15) is 0 Å². The van der Waals surface area contributed by atoms with E-state index in [2.05, 4.69) is 17.8 Å². The van der Waals surface area contributed by atoms with Crippen LogP contribution in [0.25, 0.3) is 10.9 Å². The lowest BCUT2D eigenvalue weighted by atomic mass is 10.1. The third-order valence-electron chi connectivity index (χ3n) is 3.52. The normalized spacial score (nSPS) is 13.3. The quantitative estimate of drug-likeness (QED) is 0.536. The standard InChI is InChI=1S/C15H17IN4O2/c1-3-4-20(2)15(22)18-10-5-11-13-9(7-16-19-14(11)21)8-17-12(13)6-10/h5-8,17H,3-4H2,1-2H3,(H,18,22)(H,19,21). The van der Waals surface area contributed by atoms with Crippen LogP contribution in [0.2, 0.25) is 0 Å². The van der Waals surface area contributed by atoms with Crippen LogP contribution in [-0.2, 0) is 0 Å². The van der Waals surface area contributed by atoms with Crippen LogP contribution < -0.4 is 8.85 Å². The lowest BCUT2D eigenvalue weighted by molar-refractivity contribution is 0.0991. The van der Waals surface area contributed by atoms with E-state index >= 15 is 0 Å². The number of rotatable bonds is 3. The molecular formula is C15H17IN4O2. The molecule has 3 rings (SSSR count). The van der Waals surface area contributed by atoms with E-state index in [0.29, 0.717) is 17.8 Å². The Morgan fingerprint density at radius 1 is 1.41 bits per heavy atom. The van der Waals surface area contributed by atoms with Crippen LogP contribution in [0.5, 0.6) is 0 Å². The molecule has 0 atom stereocenters. The van der Waals surface area contributed by atoms with Crippen LogP contribution in [0.4, 0.5) is 10.5 Å². The Hall–Kier alpha value is -1.90. The van der Waals surface area contributed by atoms with Crippen molar-refractivity contribution in [2.75, 3.05) is 18.9 Å². The Bertz CT molecular complexity index is 781. The number of H-pyrrole nitrogens is 1. The highest BCUT2D eigenvalue weighted by molar-refractivity contribution is 14.2. The van der Waals surface area contributed by atoms with E-state index < -0.39 is 21.0 Å². The first kappa shape index (κ1) is 15.0. The van der Waals surface area contributed by atoms with Crippen molar-refractivity contribution in [3.63, 3.8) is 0 Å². The molecule has 0 saturated heterocycles. The lowest BCUT2D eigenvalue weighted by Crippen LogP contribution is -2.31. The lowest BCUT2D eigenvalue weighted by Gasteiger charge is -2.17. The van der Waals surface area contributed by atoms with Crippen molar-refractivity contribution in [1.29, 1.82) is 0 Å². The van der Waals surface area contributed by atoms with E-state index in [4.69, 9.17) is 0 Å². The predicted octanol–water partition coefficient (Wildman–Crippen LogP) is 2.82. The van der Waals surface area contributed by atoms with Gasteiger partial charge in [0, 0.05) is 41.9 Å². The molecule has 0 saturated carbocycles. The van der Waals surface area contributed by atoms with E-state index in [0.717, 1.165) is 22.9 Å². The molecule has 0 spiro atoms. The second kappa shape index (κ2) is 6.07. The number of anilines is 1. The number of carbonyl (C=O) groups excluding carboxylic acids is 2. The van der Waals surface area contributed by atoms with Crippen molar-refractivity contribution in [1.82, 2.24) is 13.4 Å². The van der Waals surface area contributed by atoms with E-state index in [1.807, 2.05) is 19.2 Å². The fourth-order valence-corrected chi connectivity index (χ4v) is 4.03. The minimum atomic E-state index is -0.486. The maximum Gasteiger partial charge on any atom is 0.321 e. The molecule has 0 fully saturated rings. The number of nitrogens with zero attached hydrogens (tertiary/aromatic N) is 1. The molecule has 3 amide bonds. The number of amides is 3. The smallest absolute Gasteiger partial charge is 0.321 e. The Labute approximate surface area is 138 Å². The number of nitrogens with one attached hydrogen (secondary N) is 3. The zero-order chi connectivity index (χ0) is 15.7. The van der Waals surface area contributed by atoms with E-state index in [1.165, 1.54) is 0 Å². The highest BCUT2D eigenvalue weighted by Gasteiger charge is 2.18. The second-order valence-corrected chi connectivity index (χ2v) is 6.97. The zero-order valence-corrected chi connectivity index (χ0v) is 14.5. The highest BCUT2D eigenvalue weighted by atomic mass is 127. The first-order chi connectivity index (χ1) is 10.6. The van der Waals surface area contributed by atoms with Crippen LogP contribution in [-0.4, -0.2) is 39.4 Å². The number of hydrogen-bond donors (Lipinski definition) is 3. The maximum atomic E-state index is 12.2. The van der Waals surface area contributed by atoms with E-state index in [1.54, 1.807) is 18.0 Å². The molecule has 116 valence electrons. The molecule has 3 N–H and O–H groups in total. The van der Waals surface area contributed by atoms with Gasteiger partial charge in [0.2, 0.25) is 0 Å². The third kappa shape index (κ3) is 2.72. The Morgan fingerprint density at radius 2 is 2.23 bits per heavy atom. The first-order valence-corrected chi connectivity index (χ1v) is 9.35. The van der Waals surface area contributed by atoms with Crippen molar-refractivity contribution >= 4 is 53.5 Å². The molecule has 0 unspecified atom stereocenters. The van der Waals surface area contributed by atoms with Gasteiger partial charge >= 0.3 is 6.03 Å². The first-order valence-electron chi connectivity index (χ1n) is 7.03. The monoisotopic (exact) mass is 412 g/mol. The Morgan fingerprint density at radius 3 is 3.00 bits per heavy atom. The largest absolute Gasteiger partial charge is 0.360 e. The van der Waals surface area contributed by atoms with Crippen LogP contribution in [0, 0.1) is 0 Å². The third-order valence-corrected chi connectivity index (χ3v) is 5.31. The van der Waals surface area contributed by atoms with Crippen LogP contribution >= 0.6 is 21.0 Å². The summed E-state index contributed by atoms with van der Waals surface area (Å²) < 4.78 is 5.02. The maximum absolute atomic E-state index is 12.2. The molecule has 22 heavy (non-hydrogen) atoms. The van der Waals surface area contributed by atoms with Gasteiger partial charge in [-0.05, 0) is 43.6 Å². The molecule has 7 heteroatoms. The van der Waals surface area contributed by atoms with E-state index in [9.17, 15) is 9.59 Å². The number of urea groups is 1. The van der Waals surface area contributed by atoms with Crippen molar-refractivity contribution in [3.05, 3.63) is 29.5 Å². The van der Waals surface area contributed by atoms with Gasteiger partial charge in [0.15, 0.2) is 0 Å². The molecule has 2 aromatic rings. The van der Waals surface area contributed by atoms with Gasteiger partial charge in [0.25, 0.3) is 5.91 Å². The second-order valence-electron chi connectivity index (χ2n) is 5.18. The Kier molecular flexibility index (Phi) is 4.14. The van der Waals surface area contributed by atoms with Crippen molar-refractivity contribution < 1.29 is 9.59 Å². The topological polar surface area (TPSA) is 77.2 Å². The van der Waals surface area contributed by atoms with Crippen LogP contribution in [0.15, 0.2) is 18.3 Å². The molecule has 2 heterocycles. The SMILES string of the molecule is CCCN(C)C(=O)Nc1cc2c3c(c[nH]c3c1)C=INC2=O. The minimum absolute atomic E-state index is 0.0783. The van der Waals surface area contributed by atoms with Crippen molar-refractivity contribution in [2.24, 2.45) is 0 Å². The number of aromatic nitrogens is 1. The minimum Gasteiger partial charge on any atom is -0.360 e. The Balaban J connectivity index is 1.98. The molecule has 1 aromatic heterocycles. The molecule has 0 bridgehead atoms. The van der Waals surface area contributed by atoms with Gasteiger partial charge in [-0.15, -0.1) is 0 Å². The van der Waals surface area contributed by atoms with Crippen LogP contribution in [0.3, 0.4) is 0 Å². The zero-order valence-electron chi connectivity index (χ0n) is 12.4. The number of hydrogen-bond acceptors (Lipinski definition) is 2. The summed E-state index contributed by atoms with van der Waals surface area (Å²) in [6.07, 6.45) is 2.80. The van der Waals surface area contributed by atoms with Gasteiger partial charge in [-0.2, -0.15) is 0 Å². The fourth-order valence-electron chi connectivity index (χ4n) is 2.47. The molecule has 1 aliphatic heterocycles. The summed E-state index contributed by atoms with van der Waals surface area (Å²) in [5.74, 6) is -0.0783. The van der Waals surface area contributed by atoms with Gasteiger partial charge in [-0.3, -0.25) is 8.32 Å². The van der Waals surface area contributed by atoms with Crippen molar-refractivity contribution in [3.8, 4) is 0 Å². The van der Waals surface area contributed by atoms with Gasteiger partial charge in [-0.25, -0.2) is 4.79 Å². The summed E-state index contributed by atoms with van der Waals surface area (Å²) >= 11 is -0.486. The summed E-state index contributed by atoms with van der Waals surface area (Å²) in [5, 5.41) is 3.78. The van der Waals surface area contributed by atoms with Gasteiger partial charge in [-0.1, -0.05) is 6.92 Å². The molecule has 1 aromatic carbocycles.